The average molecular weight is 189 g/mol. The molecule has 1 aliphatic heterocycles. The lowest BCUT2D eigenvalue weighted by Crippen LogP contribution is -2.47. The maximum atomic E-state index is 9.25. The molecule has 0 aromatic rings. The van der Waals surface area contributed by atoms with E-state index in [2.05, 4.69) is 10.0 Å². The van der Waals surface area contributed by atoms with Crippen molar-refractivity contribution >= 4 is 0 Å². The number of ether oxygens (including phenoxy) is 1. The largest absolute Gasteiger partial charge is 0.394 e. The molecule has 1 aliphatic rings. The number of rotatable bonds is 2. The number of hydrogen-bond donors (Lipinski definition) is 3. The van der Waals surface area contributed by atoms with Crippen LogP contribution < -0.4 is 0 Å². The van der Waals surface area contributed by atoms with E-state index in [4.69, 9.17) is 15.4 Å². The normalized spacial score (nSPS) is 39.6. The number of hydrogen-bond acceptors (Lipinski definition) is 5. The van der Waals surface area contributed by atoms with Gasteiger partial charge in [-0.25, -0.2) is 0 Å². The molecule has 0 spiro atoms. The fraction of sp³-hybridized carbons (Fsp3) is 1.00. The lowest BCUT2D eigenvalue weighted by atomic mass is 10.0. The van der Waals surface area contributed by atoms with E-state index >= 15 is 0 Å². The van der Waals surface area contributed by atoms with Crippen LogP contribution in [0.15, 0.2) is 5.11 Å². The number of aliphatic hydroxyl groups excluding tert-OH is 3. The first-order valence-electron chi connectivity index (χ1n) is 3.85. The van der Waals surface area contributed by atoms with E-state index in [1.807, 2.05) is 0 Å². The van der Waals surface area contributed by atoms with Crippen molar-refractivity contribution in [3.05, 3.63) is 10.4 Å². The molecule has 0 aromatic carbocycles. The monoisotopic (exact) mass is 189 g/mol. The second-order valence-electron chi connectivity index (χ2n) is 2.82. The van der Waals surface area contributed by atoms with Crippen LogP contribution in [-0.2, 0) is 4.74 Å². The third-order valence-corrected chi connectivity index (χ3v) is 1.90. The lowest BCUT2D eigenvalue weighted by Gasteiger charge is -2.33. The molecule has 0 aliphatic carbocycles. The average Bonchev–Trinajstić information content (AvgIpc) is 2.10. The highest BCUT2D eigenvalue weighted by Gasteiger charge is 2.35. The van der Waals surface area contributed by atoms with Crippen LogP contribution in [0.3, 0.4) is 0 Å². The van der Waals surface area contributed by atoms with Gasteiger partial charge in [-0.05, 0) is 5.53 Å². The van der Waals surface area contributed by atoms with Crippen LogP contribution in [0.5, 0.6) is 0 Å². The minimum Gasteiger partial charge on any atom is -0.394 e. The fourth-order valence-electron chi connectivity index (χ4n) is 1.20. The predicted molar refractivity (Wildman–Crippen MR) is 41.5 cm³/mol. The Morgan fingerprint density at radius 2 is 2.15 bits per heavy atom. The maximum absolute atomic E-state index is 9.25. The molecule has 4 atom stereocenters. The summed E-state index contributed by atoms with van der Waals surface area (Å²) < 4.78 is 4.93. The maximum Gasteiger partial charge on any atom is 0.162 e. The van der Waals surface area contributed by atoms with Gasteiger partial charge in [0.15, 0.2) is 6.23 Å². The molecule has 13 heavy (non-hydrogen) atoms. The van der Waals surface area contributed by atoms with E-state index in [0.717, 1.165) is 0 Å². The summed E-state index contributed by atoms with van der Waals surface area (Å²) >= 11 is 0. The standard InChI is InChI=1S/C6H11N3O4/c7-9-8-6-4(12)1-3(11)5(2-10)13-6/h3-6,10-12H,1-2H2/t3-,4+,5+,6?/m1/s1. The van der Waals surface area contributed by atoms with Crippen molar-refractivity contribution in [3.63, 3.8) is 0 Å². The summed E-state index contributed by atoms with van der Waals surface area (Å²) in [7, 11) is 0. The van der Waals surface area contributed by atoms with Crippen molar-refractivity contribution in [2.24, 2.45) is 5.11 Å². The fourth-order valence-corrected chi connectivity index (χ4v) is 1.20. The van der Waals surface area contributed by atoms with Crippen LogP contribution in [0.25, 0.3) is 10.4 Å². The molecule has 0 aromatic heterocycles. The van der Waals surface area contributed by atoms with Crippen molar-refractivity contribution in [1.82, 2.24) is 0 Å². The van der Waals surface area contributed by atoms with E-state index in [-0.39, 0.29) is 13.0 Å². The van der Waals surface area contributed by atoms with E-state index in [9.17, 15) is 10.2 Å². The van der Waals surface area contributed by atoms with Gasteiger partial charge in [-0.2, -0.15) is 0 Å². The van der Waals surface area contributed by atoms with Gasteiger partial charge in [0.2, 0.25) is 0 Å². The molecule has 1 saturated heterocycles. The molecule has 3 N–H and O–H groups in total. The highest BCUT2D eigenvalue weighted by molar-refractivity contribution is 4.83. The molecule has 0 bridgehead atoms. The summed E-state index contributed by atoms with van der Waals surface area (Å²) in [4.78, 5) is 2.48. The zero-order valence-corrected chi connectivity index (χ0v) is 6.82. The van der Waals surface area contributed by atoms with E-state index in [1.54, 1.807) is 0 Å². The molecule has 74 valence electrons. The van der Waals surface area contributed by atoms with Crippen LogP contribution in [-0.4, -0.2) is 46.5 Å². The van der Waals surface area contributed by atoms with Gasteiger partial charge in [-0.1, -0.05) is 5.11 Å². The van der Waals surface area contributed by atoms with Crippen LogP contribution in [0.2, 0.25) is 0 Å². The van der Waals surface area contributed by atoms with E-state index in [1.165, 1.54) is 0 Å². The summed E-state index contributed by atoms with van der Waals surface area (Å²) in [6.45, 7) is -0.370. The summed E-state index contributed by atoms with van der Waals surface area (Å²) in [5.74, 6) is 0. The molecule has 7 heteroatoms. The highest BCUT2D eigenvalue weighted by atomic mass is 16.5. The molecule has 0 amide bonds. The molecule has 1 fully saturated rings. The van der Waals surface area contributed by atoms with Gasteiger partial charge < -0.3 is 20.1 Å². The van der Waals surface area contributed by atoms with E-state index < -0.39 is 24.5 Å². The molecule has 7 nitrogen and oxygen atoms in total. The Labute approximate surface area is 74.2 Å². The Hall–Kier alpha value is -0.850. The van der Waals surface area contributed by atoms with Crippen molar-refractivity contribution in [2.45, 2.75) is 31.0 Å². The van der Waals surface area contributed by atoms with Crippen LogP contribution in [0.4, 0.5) is 0 Å². The first-order valence-corrected chi connectivity index (χ1v) is 3.85. The van der Waals surface area contributed by atoms with Crippen molar-refractivity contribution in [2.75, 3.05) is 6.61 Å². The van der Waals surface area contributed by atoms with Crippen LogP contribution in [0, 0.1) is 0 Å². The highest BCUT2D eigenvalue weighted by Crippen LogP contribution is 2.20. The molecule has 0 radical (unpaired) electrons. The first-order chi connectivity index (χ1) is 6.19. The second-order valence-corrected chi connectivity index (χ2v) is 2.82. The lowest BCUT2D eigenvalue weighted by molar-refractivity contribution is -0.176. The minimum absolute atomic E-state index is 0.0366. The quantitative estimate of drug-likeness (QED) is 0.297. The topological polar surface area (TPSA) is 119 Å². The Morgan fingerprint density at radius 3 is 2.69 bits per heavy atom. The third kappa shape index (κ3) is 2.30. The Morgan fingerprint density at radius 1 is 1.46 bits per heavy atom. The van der Waals surface area contributed by atoms with Gasteiger partial charge in [-0.15, -0.1) is 0 Å². The third-order valence-electron chi connectivity index (χ3n) is 1.90. The molecule has 1 heterocycles. The van der Waals surface area contributed by atoms with Crippen molar-refractivity contribution in [3.8, 4) is 0 Å². The predicted octanol–water partition coefficient (Wildman–Crippen LogP) is -0.874. The molecular formula is C6H11N3O4. The molecule has 1 rings (SSSR count). The van der Waals surface area contributed by atoms with E-state index in [0.29, 0.717) is 0 Å². The van der Waals surface area contributed by atoms with Gasteiger partial charge >= 0.3 is 0 Å². The van der Waals surface area contributed by atoms with Crippen molar-refractivity contribution in [1.29, 1.82) is 0 Å². The minimum atomic E-state index is -1.02. The Bertz CT molecular complexity index is 218. The summed E-state index contributed by atoms with van der Waals surface area (Å²) in [6.07, 6.45) is -3.72. The van der Waals surface area contributed by atoms with Gasteiger partial charge in [-0.3, -0.25) is 0 Å². The number of nitrogens with zero attached hydrogens (tertiary/aromatic N) is 3. The van der Waals surface area contributed by atoms with Gasteiger partial charge in [0.05, 0.1) is 18.8 Å². The summed E-state index contributed by atoms with van der Waals surface area (Å²) in [5.41, 5.74) is 8.10. The van der Waals surface area contributed by atoms with Crippen LogP contribution >= 0.6 is 0 Å². The van der Waals surface area contributed by atoms with Gasteiger partial charge in [0.25, 0.3) is 0 Å². The number of aliphatic hydroxyl groups is 3. The Kier molecular flexibility index (Phi) is 3.47. The van der Waals surface area contributed by atoms with Gasteiger partial charge in [0, 0.05) is 11.3 Å². The van der Waals surface area contributed by atoms with Crippen LogP contribution in [0.1, 0.15) is 6.42 Å². The molecular weight excluding hydrogens is 178 g/mol. The zero-order valence-electron chi connectivity index (χ0n) is 6.82. The first kappa shape index (κ1) is 10.2. The molecule has 0 saturated carbocycles. The summed E-state index contributed by atoms with van der Waals surface area (Å²) in [5, 5.41) is 30.4. The number of azide groups is 1. The second kappa shape index (κ2) is 4.40. The van der Waals surface area contributed by atoms with Gasteiger partial charge in [0.1, 0.15) is 6.10 Å². The Balaban J connectivity index is 2.63. The van der Waals surface area contributed by atoms with Crippen molar-refractivity contribution < 1.29 is 20.1 Å². The smallest absolute Gasteiger partial charge is 0.162 e. The zero-order chi connectivity index (χ0) is 9.84. The molecule has 1 unspecified atom stereocenters. The summed E-state index contributed by atoms with van der Waals surface area (Å²) in [6, 6.07) is 0. The SMILES string of the molecule is [N-]=[N+]=NC1O[C@@H](CO)[C@H](O)C[C@@H]1O.